The Balaban J connectivity index is 2.38. The van der Waals surface area contributed by atoms with Crippen LogP contribution in [0.15, 0.2) is 28.9 Å². The third kappa shape index (κ3) is 3.93. The van der Waals surface area contributed by atoms with Crippen LogP contribution in [0.4, 0.5) is 0 Å². The highest BCUT2D eigenvalue weighted by atomic mass is 79.9. The minimum absolute atomic E-state index is 0.186. The van der Waals surface area contributed by atoms with E-state index in [-0.39, 0.29) is 11.0 Å². The van der Waals surface area contributed by atoms with Gasteiger partial charge in [-0.1, -0.05) is 29.8 Å². The van der Waals surface area contributed by atoms with Gasteiger partial charge in [0.25, 0.3) is 0 Å². The minimum Gasteiger partial charge on any atom is -0.346 e. The van der Waals surface area contributed by atoms with Crippen LogP contribution in [-0.4, -0.2) is 24.0 Å². The Morgan fingerprint density at radius 3 is 2.45 bits per heavy atom. The fraction of sp³-hybridized carbons (Fsp3) is 0.529. The normalized spacial score (nSPS) is 12.7. The molecule has 22 heavy (non-hydrogen) atoms. The number of hydrogen-bond acceptors (Lipinski definition) is 2. The molecule has 0 radical (unpaired) electrons. The van der Waals surface area contributed by atoms with Crippen molar-refractivity contribution in [1.29, 1.82) is 0 Å². The Morgan fingerprint density at radius 2 is 1.86 bits per heavy atom. The van der Waals surface area contributed by atoms with Crippen LogP contribution >= 0.6 is 15.9 Å². The zero-order valence-corrected chi connectivity index (χ0v) is 16.0. The molecule has 1 aromatic heterocycles. The van der Waals surface area contributed by atoms with Gasteiger partial charge in [0.2, 0.25) is 0 Å². The molecule has 5 heteroatoms. The highest BCUT2D eigenvalue weighted by Gasteiger charge is 2.17. The first-order chi connectivity index (χ1) is 10.2. The lowest BCUT2D eigenvalue weighted by Crippen LogP contribution is -2.20. The fourth-order valence-electron chi connectivity index (χ4n) is 2.59. The molecule has 2 rings (SSSR count). The van der Waals surface area contributed by atoms with Gasteiger partial charge < -0.3 is 4.57 Å². The molecule has 0 amide bonds. The smallest absolute Gasteiger partial charge is 0.154 e. The fourth-order valence-corrected chi connectivity index (χ4v) is 3.88. The zero-order chi connectivity index (χ0) is 16.5. The Labute approximate surface area is 141 Å². The van der Waals surface area contributed by atoms with Gasteiger partial charge in [0, 0.05) is 28.1 Å². The summed E-state index contributed by atoms with van der Waals surface area (Å²) in [7, 11) is -3.02. The van der Waals surface area contributed by atoms with Crippen LogP contribution in [0.3, 0.4) is 0 Å². The first-order valence-corrected chi connectivity index (χ1v) is 10.2. The molecule has 0 aliphatic carbocycles. The Hall–Kier alpha value is -0.810. The summed E-state index contributed by atoms with van der Waals surface area (Å²) in [6, 6.07) is 6.20. The van der Waals surface area contributed by atoms with Crippen LogP contribution in [0, 0.1) is 5.92 Å². The van der Waals surface area contributed by atoms with E-state index in [0.717, 1.165) is 16.4 Å². The summed E-state index contributed by atoms with van der Waals surface area (Å²) >= 11 is 3.53. The molecule has 122 valence electrons. The number of nitrogens with zero attached hydrogens (tertiary/aromatic N) is 1. The van der Waals surface area contributed by atoms with Gasteiger partial charge in [0.05, 0.1) is 11.0 Å². The summed E-state index contributed by atoms with van der Waals surface area (Å²) in [5.74, 6) is 0.753. The molecule has 2 aromatic rings. The molecule has 0 N–H and O–H groups in total. The van der Waals surface area contributed by atoms with Crippen molar-refractivity contribution < 1.29 is 8.42 Å². The lowest BCUT2D eigenvalue weighted by Gasteiger charge is -2.09. The first kappa shape index (κ1) is 17.5. The minimum atomic E-state index is -3.02. The Kier molecular flexibility index (Phi) is 5.38. The molecule has 0 bridgehead atoms. The van der Waals surface area contributed by atoms with Crippen molar-refractivity contribution in [1.82, 2.24) is 4.57 Å². The summed E-state index contributed by atoms with van der Waals surface area (Å²) in [6.45, 7) is 8.39. The van der Waals surface area contributed by atoms with Gasteiger partial charge in [-0.05, 0) is 49.9 Å². The molecule has 0 spiro atoms. The van der Waals surface area contributed by atoms with E-state index in [1.54, 1.807) is 13.8 Å². The van der Waals surface area contributed by atoms with E-state index in [1.165, 1.54) is 10.9 Å². The molecule has 0 saturated carbocycles. The van der Waals surface area contributed by atoms with Crippen molar-refractivity contribution in [2.24, 2.45) is 5.92 Å². The van der Waals surface area contributed by atoms with Gasteiger partial charge in [-0.3, -0.25) is 0 Å². The van der Waals surface area contributed by atoms with Crippen molar-refractivity contribution in [3.8, 4) is 0 Å². The molecule has 0 aliphatic heterocycles. The molecule has 0 atom stereocenters. The Bertz CT molecular complexity index is 760. The highest BCUT2D eigenvalue weighted by molar-refractivity contribution is 9.10. The number of hydrogen-bond donors (Lipinski definition) is 0. The van der Waals surface area contributed by atoms with E-state index in [1.807, 2.05) is 6.07 Å². The van der Waals surface area contributed by atoms with Crippen LogP contribution in [-0.2, 0) is 22.8 Å². The maximum absolute atomic E-state index is 12.1. The molecule has 1 heterocycles. The molecule has 0 unspecified atom stereocenters. The average Bonchev–Trinajstić information content (AvgIpc) is 2.73. The number of benzene rings is 1. The molecule has 0 aliphatic rings. The number of halogens is 1. The lowest BCUT2D eigenvalue weighted by molar-refractivity contribution is 0.581. The van der Waals surface area contributed by atoms with Crippen LogP contribution in [0.1, 0.15) is 33.3 Å². The summed E-state index contributed by atoms with van der Waals surface area (Å²) in [5, 5.41) is 0.892. The van der Waals surface area contributed by atoms with E-state index in [2.05, 4.69) is 52.7 Å². The molecular weight excluding hydrogens is 362 g/mol. The van der Waals surface area contributed by atoms with Crippen molar-refractivity contribution >= 4 is 36.7 Å². The van der Waals surface area contributed by atoms with Crippen molar-refractivity contribution in [2.75, 3.05) is 5.75 Å². The Morgan fingerprint density at radius 1 is 1.18 bits per heavy atom. The van der Waals surface area contributed by atoms with Gasteiger partial charge >= 0.3 is 0 Å². The maximum atomic E-state index is 12.1. The summed E-state index contributed by atoms with van der Waals surface area (Å²) in [4.78, 5) is 0. The number of rotatable bonds is 6. The summed E-state index contributed by atoms with van der Waals surface area (Å²) in [6.07, 6.45) is 3.11. The van der Waals surface area contributed by atoms with Gasteiger partial charge in [0.15, 0.2) is 9.84 Å². The van der Waals surface area contributed by atoms with Crippen LogP contribution in [0.2, 0.25) is 0 Å². The van der Waals surface area contributed by atoms with E-state index >= 15 is 0 Å². The van der Waals surface area contributed by atoms with Gasteiger partial charge in [-0.25, -0.2) is 8.42 Å². The van der Waals surface area contributed by atoms with Crippen LogP contribution in [0.25, 0.3) is 10.9 Å². The third-order valence-electron chi connectivity index (χ3n) is 3.89. The van der Waals surface area contributed by atoms with Gasteiger partial charge in [-0.15, -0.1) is 0 Å². The van der Waals surface area contributed by atoms with Crippen molar-refractivity contribution in [3.05, 3.63) is 34.4 Å². The van der Waals surface area contributed by atoms with E-state index < -0.39 is 9.84 Å². The SMILES string of the molecule is CC(C)Cc1cn(CCS(=O)(=O)C(C)C)c2ccc(Br)cc12. The number of fused-ring (bicyclic) bond motifs is 1. The predicted octanol–water partition coefficient (Wildman–Crippen LogP) is 4.43. The third-order valence-corrected chi connectivity index (χ3v) is 6.57. The molecular formula is C17H24BrNO2S. The average molecular weight is 386 g/mol. The highest BCUT2D eigenvalue weighted by Crippen LogP contribution is 2.27. The summed E-state index contributed by atoms with van der Waals surface area (Å²) < 4.78 is 27.3. The quantitative estimate of drug-likeness (QED) is 0.737. The number of sulfone groups is 1. The van der Waals surface area contributed by atoms with Crippen molar-refractivity contribution in [3.63, 3.8) is 0 Å². The number of aromatic nitrogens is 1. The predicted molar refractivity (Wildman–Crippen MR) is 97.1 cm³/mol. The zero-order valence-electron chi connectivity index (χ0n) is 13.6. The van der Waals surface area contributed by atoms with E-state index in [9.17, 15) is 8.42 Å². The first-order valence-electron chi connectivity index (χ1n) is 7.69. The maximum Gasteiger partial charge on any atom is 0.154 e. The standard InChI is InChI=1S/C17H24BrNO2S/c1-12(2)9-14-11-19(7-8-22(20,21)13(3)4)17-6-5-15(18)10-16(14)17/h5-6,10-13H,7-9H2,1-4H3. The monoisotopic (exact) mass is 385 g/mol. The van der Waals surface area contributed by atoms with E-state index in [4.69, 9.17) is 0 Å². The molecule has 3 nitrogen and oxygen atoms in total. The molecule has 0 saturated heterocycles. The van der Waals surface area contributed by atoms with Crippen LogP contribution in [0.5, 0.6) is 0 Å². The summed E-state index contributed by atoms with van der Waals surface area (Å²) in [5.41, 5.74) is 2.39. The van der Waals surface area contributed by atoms with E-state index in [0.29, 0.717) is 12.5 Å². The van der Waals surface area contributed by atoms with Gasteiger partial charge in [-0.2, -0.15) is 0 Å². The topological polar surface area (TPSA) is 39.1 Å². The molecule has 1 aromatic carbocycles. The lowest BCUT2D eigenvalue weighted by atomic mass is 10.0. The molecule has 0 fully saturated rings. The van der Waals surface area contributed by atoms with Gasteiger partial charge in [0.1, 0.15) is 0 Å². The second kappa shape index (κ2) is 6.75. The number of aryl methyl sites for hydroxylation is 1. The van der Waals surface area contributed by atoms with Crippen LogP contribution < -0.4 is 0 Å². The van der Waals surface area contributed by atoms with Crippen molar-refractivity contribution in [2.45, 2.75) is 45.9 Å². The largest absolute Gasteiger partial charge is 0.346 e. The second-order valence-electron chi connectivity index (χ2n) is 6.52. The second-order valence-corrected chi connectivity index (χ2v) is 10.1.